The maximum atomic E-state index is 6.28. The lowest BCUT2D eigenvalue weighted by Crippen LogP contribution is -2.14. The summed E-state index contributed by atoms with van der Waals surface area (Å²) in [6.07, 6.45) is 4.33. The first-order valence-electron chi connectivity index (χ1n) is 7.29. The first kappa shape index (κ1) is 14.7. The molecule has 1 atom stereocenters. The van der Waals surface area contributed by atoms with Gasteiger partial charge in [-0.2, -0.15) is 10.2 Å². The molecular formula is C14H24N6. The second-order valence-corrected chi connectivity index (χ2v) is 4.99. The third-order valence-electron chi connectivity index (χ3n) is 3.75. The molecule has 0 aliphatic carbocycles. The van der Waals surface area contributed by atoms with E-state index in [1.165, 1.54) is 11.3 Å². The maximum absolute atomic E-state index is 6.28. The van der Waals surface area contributed by atoms with Crippen molar-refractivity contribution < 1.29 is 0 Å². The molecule has 0 amide bonds. The molecule has 0 radical (unpaired) electrons. The van der Waals surface area contributed by atoms with Gasteiger partial charge in [0, 0.05) is 24.3 Å². The number of aryl methyl sites for hydroxylation is 2. The third kappa shape index (κ3) is 2.60. The van der Waals surface area contributed by atoms with Crippen LogP contribution in [0, 0.1) is 0 Å². The summed E-state index contributed by atoms with van der Waals surface area (Å²) >= 11 is 0. The Bertz CT molecular complexity index is 568. The molecule has 0 aliphatic heterocycles. The number of rotatable bonds is 6. The van der Waals surface area contributed by atoms with Crippen molar-refractivity contribution in [2.45, 2.75) is 52.6 Å². The third-order valence-corrected chi connectivity index (χ3v) is 3.75. The van der Waals surface area contributed by atoms with Crippen LogP contribution in [0.5, 0.6) is 0 Å². The van der Waals surface area contributed by atoms with E-state index in [1.807, 2.05) is 11.7 Å². The Labute approximate surface area is 120 Å². The molecule has 2 heterocycles. The van der Waals surface area contributed by atoms with Gasteiger partial charge >= 0.3 is 0 Å². The molecule has 2 N–H and O–H groups in total. The van der Waals surface area contributed by atoms with Gasteiger partial charge < -0.3 is 5.73 Å². The van der Waals surface area contributed by atoms with Crippen LogP contribution in [0.1, 0.15) is 56.0 Å². The Morgan fingerprint density at radius 1 is 1.25 bits per heavy atom. The smallest absolute Gasteiger partial charge is 0.148 e. The molecule has 0 saturated carbocycles. The standard InChI is InChI=1S/C14H24N6/c1-5-10(15)14-11(6-2)18-20(12(14)7-3)8-13-16-9-17-19(13)4/h9-10H,5-8,15H2,1-4H3. The van der Waals surface area contributed by atoms with Crippen LogP contribution in [0.2, 0.25) is 0 Å². The van der Waals surface area contributed by atoms with Crippen molar-refractivity contribution in [1.29, 1.82) is 0 Å². The van der Waals surface area contributed by atoms with Crippen LogP contribution < -0.4 is 5.73 Å². The highest BCUT2D eigenvalue weighted by Gasteiger charge is 2.20. The van der Waals surface area contributed by atoms with Crippen LogP contribution in [-0.2, 0) is 26.4 Å². The van der Waals surface area contributed by atoms with Gasteiger partial charge in [-0.15, -0.1) is 0 Å². The average molecular weight is 276 g/mol. The van der Waals surface area contributed by atoms with Crippen molar-refractivity contribution in [3.63, 3.8) is 0 Å². The Morgan fingerprint density at radius 3 is 2.50 bits per heavy atom. The van der Waals surface area contributed by atoms with E-state index >= 15 is 0 Å². The second-order valence-electron chi connectivity index (χ2n) is 4.99. The van der Waals surface area contributed by atoms with Gasteiger partial charge in [-0.05, 0) is 19.3 Å². The minimum absolute atomic E-state index is 0.0631. The molecule has 1 unspecified atom stereocenters. The summed E-state index contributed by atoms with van der Waals surface area (Å²) in [5.74, 6) is 0.904. The largest absolute Gasteiger partial charge is 0.324 e. The Morgan fingerprint density at radius 2 is 2.00 bits per heavy atom. The summed E-state index contributed by atoms with van der Waals surface area (Å²) in [6.45, 7) is 7.03. The van der Waals surface area contributed by atoms with Gasteiger partial charge in [-0.25, -0.2) is 4.98 Å². The molecule has 0 fully saturated rings. The van der Waals surface area contributed by atoms with Gasteiger partial charge in [0.15, 0.2) is 0 Å². The van der Waals surface area contributed by atoms with E-state index in [0.717, 1.165) is 30.8 Å². The predicted octanol–water partition coefficient (Wildman–Crippen LogP) is 1.59. The molecule has 0 aliphatic rings. The van der Waals surface area contributed by atoms with Crippen LogP contribution >= 0.6 is 0 Å². The lowest BCUT2D eigenvalue weighted by molar-refractivity contribution is 0.580. The van der Waals surface area contributed by atoms with Crippen LogP contribution in [0.3, 0.4) is 0 Å². The van der Waals surface area contributed by atoms with E-state index in [2.05, 4.69) is 30.9 Å². The average Bonchev–Trinajstić information content (AvgIpc) is 3.02. The van der Waals surface area contributed by atoms with Crippen LogP contribution in [-0.4, -0.2) is 24.5 Å². The first-order chi connectivity index (χ1) is 9.62. The van der Waals surface area contributed by atoms with E-state index in [1.54, 1.807) is 11.0 Å². The summed E-state index contributed by atoms with van der Waals surface area (Å²) in [5, 5.41) is 8.85. The van der Waals surface area contributed by atoms with Crippen LogP contribution in [0.4, 0.5) is 0 Å². The van der Waals surface area contributed by atoms with E-state index in [9.17, 15) is 0 Å². The lowest BCUT2D eigenvalue weighted by Gasteiger charge is -2.12. The highest BCUT2D eigenvalue weighted by molar-refractivity contribution is 5.30. The predicted molar refractivity (Wildman–Crippen MR) is 78.3 cm³/mol. The summed E-state index contributed by atoms with van der Waals surface area (Å²) < 4.78 is 3.82. The fourth-order valence-electron chi connectivity index (χ4n) is 2.56. The summed E-state index contributed by atoms with van der Waals surface area (Å²) in [5.41, 5.74) is 9.83. The molecule has 110 valence electrons. The van der Waals surface area contributed by atoms with Crippen molar-refractivity contribution >= 4 is 0 Å². The topological polar surface area (TPSA) is 74.5 Å². The van der Waals surface area contributed by atoms with Gasteiger partial charge in [0.25, 0.3) is 0 Å². The molecule has 2 aromatic rings. The van der Waals surface area contributed by atoms with Crippen LogP contribution in [0.25, 0.3) is 0 Å². The molecule has 2 aromatic heterocycles. The van der Waals surface area contributed by atoms with E-state index in [-0.39, 0.29) is 6.04 Å². The van der Waals surface area contributed by atoms with Gasteiger partial charge in [0.1, 0.15) is 18.7 Å². The molecule has 6 heteroatoms. The fourth-order valence-corrected chi connectivity index (χ4v) is 2.56. The molecule has 0 spiro atoms. The van der Waals surface area contributed by atoms with Gasteiger partial charge in [-0.3, -0.25) is 9.36 Å². The highest BCUT2D eigenvalue weighted by Crippen LogP contribution is 2.24. The number of nitrogens with two attached hydrogens (primary N) is 1. The van der Waals surface area contributed by atoms with Crippen molar-refractivity contribution in [1.82, 2.24) is 24.5 Å². The number of hydrogen-bond acceptors (Lipinski definition) is 4. The van der Waals surface area contributed by atoms with E-state index < -0.39 is 0 Å². The normalized spacial score (nSPS) is 12.8. The summed E-state index contributed by atoms with van der Waals surface area (Å²) in [4.78, 5) is 4.28. The quantitative estimate of drug-likeness (QED) is 0.869. The molecule has 0 saturated heterocycles. The zero-order valence-electron chi connectivity index (χ0n) is 12.8. The summed E-state index contributed by atoms with van der Waals surface area (Å²) in [6, 6.07) is 0.0631. The Kier molecular flexibility index (Phi) is 4.54. The van der Waals surface area contributed by atoms with E-state index in [0.29, 0.717) is 6.54 Å². The van der Waals surface area contributed by atoms with Gasteiger partial charge in [0.2, 0.25) is 0 Å². The molecule has 20 heavy (non-hydrogen) atoms. The molecule has 0 bridgehead atoms. The monoisotopic (exact) mass is 276 g/mol. The summed E-state index contributed by atoms with van der Waals surface area (Å²) in [7, 11) is 1.90. The number of aromatic nitrogens is 5. The van der Waals surface area contributed by atoms with Crippen molar-refractivity contribution in [2.75, 3.05) is 0 Å². The Balaban J connectivity index is 2.43. The fraction of sp³-hybridized carbons (Fsp3) is 0.643. The first-order valence-corrected chi connectivity index (χ1v) is 7.29. The minimum atomic E-state index is 0.0631. The molecule has 0 aromatic carbocycles. The maximum Gasteiger partial charge on any atom is 0.148 e. The molecule has 6 nitrogen and oxygen atoms in total. The zero-order chi connectivity index (χ0) is 14.7. The van der Waals surface area contributed by atoms with Gasteiger partial charge in [-0.1, -0.05) is 20.8 Å². The van der Waals surface area contributed by atoms with E-state index in [4.69, 9.17) is 10.8 Å². The minimum Gasteiger partial charge on any atom is -0.324 e. The number of nitrogens with zero attached hydrogens (tertiary/aromatic N) is 5. The Hall–Kier alpha value is -1.69. The highest BCUT2D eigenvalue weighted by atomic mass is 15.4. The van der Waals surface area contributed by atoms with Crippen molar-refractivity contribution in [3.05, 3.63) is 29.1 Å². The second kappa shape index (κ2) is 6.17. The van der Waals surface area contributed by atoms with Crippen LogP contribution in [0.15, 0.2) is 6.33 Å². The van der Waals surface area contributed by atoms with Crippen molar-refractivity contribution in [2.24, 2.45) is 12.8 Å². The lowest BCUT2D eigenvalue weighted by atomic mass is 10.00. The zero-order valence-corrected chi connectivity index (χ0v) is 12.8. The number of hydrogen-bond donors (Lipinski definition) is 1. The SMILES string of the molecule is CCc1nn(Cc2ncnn2C)c(CC)c1C(N)CC. The molecule has 2 rings (SSSR count). The molecular weight excluding hydrogens is 252 g/mol. The van der Waals surface area contributed by atoms with Gasteiger partial charge in [0.05, 0.1) is 5.69 Å². The van der Waals surface area contributed by atoms with Crippen molar-refractivity contribution in [3.8, 4) is 0 Å².